The topological polar surface area (TPSA) is 88.4 Å². The van der Waals surface area contributed by atoms with E-state index in [2.05, 4.69) is 4.72 Å². The zero-order valence-corrected chi connectivity index (χ0v) is 12.5. The highest BCUT2D eigenvalue weighted by molar-refractivity contribution is 7.93. The number of rotatable bonds is 7. The van der Waals surface area contributed by atoms with Gasteiger partial charge in [0.1, 0.15) is 0 Å². The van der Waals surface area contributed by atoms with E-state index in [4.69, 9.17) is 14.7 Å². The smallest absolute Gasteiger partial charge is 0.248 e. The number of benzene rings is 1. The molecule has 20 heavy (non-hydrogen) atoms. The maximum Gasteiger partial charge on any atom is 0.248 e. The molecule has 1 aromatic rings. The molecule has 1 rings (SSSR count). The van der Waals surface area contributed by atoms with Crippen molar-refractivity contribution in [3.8, 4) is 17.6 Å². The molecule has 0 fully saturated rings. The molecule has 0 amide bonds. The van der Waals surface area contributed by atoms with Gasteiger partial charge >= 0.3 is 0 Å². The van der Waals surface area contributed by atoms with Crippen molar-refractivity contribution in [1.82, 2.24) is 0 Å². The van der Waals surface area contributed by atoms with Crippen molar-refractivity contribution in [2.24, 2.45) is 0 Å². The molecule has 0 spiro atoms. The van der Waals surface area contributed by atoms with Crippen LogP contribution in [0, 0.1) is 11.3 Å². The van der Waals surface area contributed by atoms with Gasteiger partial charge in [-0.15, -0.1) is 0 Å². The average Bonchev–Trinajstić information content (AvgIpc) is 2.40. The maximum absolute atomic E-state index is 11.8. The standard InChI is InChI=1S/C13H18N2O4S/c1-4-18-12-7-6-11(8-13(12)19-5-2)15-20(16,17)10(3)9-14/h6-8,10,15H,4-5H2,1-3H3. The predicted molar refractivity (Wildman–Crippen MR) is 76.4 cm³/mol. The van der Waals surface area contributed by atoms with Crippen molar-refractivity contribution in [2.75, 3.05) is 17.9 Å². The fraction of sp³-hybridized carbons (Fsp3) is 0.462. The predicted octanol–water partition coefficient (Wildman–Crippen LogP) is 2.14. The first-order chi connectivity index (χ1) is 9.44. The van der Waals surface area contributed by atoms with E-state index in [-0.39, 0.29) is 0 Å². The minimum atomic E-state index is -3.73. The van der Waals surface area contributed by atoms with Crippen molar-refractivity contribution in [2.45, 2.75) is 26.0 Å². The molecule has 0 saturated carbocycles. The lowest BCUT2D eigenvalue weighted by molar-refractivity contribution is 0.288. The van der Waals surface area contributed by atoms with Crippen molar-refractivity contribution in [3.05, 3.63) is 18.2 Å². The number of nitriles is 1. The third kappa shape index (κ3) is 4.03. The molecule has 1 unspecified atom stereocenters. The number of anilines is 1. The zero-order chi connectivity index (χ0) is 15.2. The summed E-state index contributed by atoms with van der Waals surface area (Å²) < 4.78 is 36.8. The molecule has 0 saturated heterocycles. The van der Waals surface area contributed by atoms with Crippen LogP contribution >= 0.6 is 0 Å². The van der Waals surface area contributed by atoms with Gasteiger partial charge in [0.2, 0.25) is 10.0 Å². The van der Waals surface area contributed by atoms with E-state index in [1.54, 1.807) is 18.2 Å². The molecule has 0 aliphatic rings. The molecular weight excluding hydrogens is 280 g/mol. The van der Waals surface area contributed by atoms with Crippen LogP contribution in [-0.2, 0) is 10.0 Å². The Bertz CT molecular complexity index is 593. The highest BCUT2D eigenvalue weighted by atomic mass is 32.2. The first-order valence-electron chi connectivity index (χ1n) is 6.25. The van der Waals surface area contributed by atoms with Gasteiger partial charge in [-0.3, -0.25) is 4.72 Å². The Morgan fingerprint density at radius 1 is 1.25 bits per heavy atom. The summed E-state index contributed by atoms with van der Waals surface area (Å²) in [6, 6.07) is 6.42. The number of ether oxygens (including phenoxy) is 2. The molecule has 1 N–H and O–H groups in total. The van der Waals surface area contributed by atoms with Crippen LogP contribution in [0.3, 0.4) is 0 Å². The number of sulfonamides is 1. The van der Waals surface area contributed by atoms with Gasteiger partial charge in [0.15, 0.2) is 16.7 Å². The normalized spacial score (nSPS) is 12.3. The summed E-state index contributed by atoms with van der Waals surface area (Å²) in [5.41, 5.74) is 0.332. The number of hydrogen-bond donors (Lipinski definition) is 1. The largest absolute Gasteiger partial charge is 0.490 e. The van der Waals surface area contributed by atoms with Crippen molar-refractivity contribution in [1.29, 1.82) is 5.26 Å². The zero-order valence-electron chi connectivity index (χ0n) is 11.7. The van der Waals surface area contributed by atoms with Crippen LogP contribution in [0.1, 0.15) is 20.8 Å². The molecule has 1 atom stereocenters. The van der Waals surface area contributed by atoms with E-state index in [9.17, 15) is 8.42 Å². The SMILES string of the molecule is CCOc1ccc(NS(=O)(=O)C(C)C#N)cc1OCC. The first-order valence-corrected chi connectivity index (χ1v) is 7.80. The number of nitrogens with one attached hydrogen (secondary N) is 1. The van der Waals surface area contributed by atoms with Gasteiger partial charge in [0, 0.05) is 6.07 Å². The minimum absolute atomic E-state index is 0.332. The van der Waals surface area contributed by atoms with E-state index >= 15 is 0 Å². The van der Waals surface area contributed by atoms with Crippen LogP contribution in [0.5, 0.6) is 11.5 Å². The van der Waals surface area contributed by atoms with Crippen LogP contribution in [0.2, 0.25) is 0 Å². The molecule has 0 aromatic heterocycles. The van der Waals surface area contributed by atoms with Crippen LogP contribution in [0.25, 0.3) is 0 Å². The van der Waals surface area contributed by atoms with Crippen molar-refractivity contribution in [3.63, 3.8) is 0 Å². The average molecular weight is 298 g/mol. The van der Waals surface area contributed by atoms with E-state index in [0.29, 0.717) is 30.4 Å². The van der Waals surface area contributed by atoms with Crippen LogP contribution in [-0.4, -0.2) is 26.9 Å². The number of nitrogens with zero attached hydrogens (tertiary/aromatic N) is 1. The molecule has 0 aliphatic heterocycles. The van der Waals surface area contributed by atoms with Gasteiger partial charge in [0.05, 0.1) is 25.0 Å². The fourth-order valence-corrected chi connectivity index (χ4v) is 2.21. The summed E-state index contributed by atoms with van der Waals surface area (Å²) >= 11 is 0. The van der Waals surface area contributed by atoms with Gasteiger partial charge in [-0.2, -0.15) is 5.26 Å². The molecule has 0 bridgehead atoms. The van der Waals surface area contributed by atoms with Gasteiger partial charge in [0.25, 0.3) is 0 Å². The van der Waals surface area contributed by atoms with Crippen molar-refractivity contribution < 1.29 is 17.9 Å². The summed E-state index contributed by atoms with van der Waals surface area (Å²) in [7, 11) is -3.73. The van der Waals surface area contributed by atoms with E-state index in [0.717, 1.165) is 0 Å². The van der Waals surface area contributed by atoms with Gasteiger partial charge in [-0.05, 0) is 32.9 Å². The molecular formula is C13H18N2O4S. The Labute approximate surface area is 119 Å². The molecule has 0 heterocycles. The lowest BCUT2D eigenvalue weighted by Crippen LogP contribution is -2.23. The lowest BCUT2D eigenvalue weighted by atomic mass is 10.3. The molecule has 1 aromatic carbocycles. The Hall–Kier alpha value is -1.94. The second-order valence-electron chi connectivity index (χ2n) is 3.95. The third-order valence-electron chi connectivity index (χ3n) is 2.45. The second-order valence-corrected chi connectivity index (χ2v) is 5.95. The summed E-state index contributed by atoms with van der Waals surface area (Å²) in [6.07, 6.45) is 0. The second kappa shape index (κ2) is 7.01. The van der Waals surface area contributed by atoms with Gasteiger partial charge in [-0.25, -0.2) is 8.42 Å². The van der Waals surface area contributed by atoms with Crippen molar-refractivity contribution >= 4 is 15.7 Å². The lowest BCUT2D eigenvalue weighted by Gasteiger charge is -2.14. The summed E-state index contributed by atoms with van der Waals surface area (Å²) in [5.74, 6) is 1.00. The fourth-order valence-electron chi connectivity index (χ4n) is 1.44. The Kier molecular flexibility index (Phi) is 5.65. The highest BCUT2D eigenvalue weighted by Gasteiger charge is 2.20. The molecule has 0 radical (unpaired) electrons. The Morgan fingerprint density at radius 3 is 2.40 bits per heavy atom. The first kappa shape index (κ1) is 16.1. The summed E-state index contributed by atoms with van der Waals surface area (Å²) in [5, 5.41) is 7.55. The Balaban J connectivity index is 3.04. The third-order valence-corrected chi connectivity index (χ3v) is 4.01. The maximum atomic E-state index is 11.8. The molecule has 0 aliphatic carbocycles. The van der Waals surface area contributed by atoms with Crippen LogP contribution < -0.4 is 14.2 Å². The Morgan fingerprint density at radius 2 is 1.85 bits per heavy atom. The van der Waals surface area contributed by atoms with Crippen LogP contribution in [0.15, 0.2) is 18.2 Å². The highest BCUT2D eigenvalue weighted by Crippen LogP contribution is 2.31. The number of hydrogen-bond acceptors (Lipinski definition) is 5. The quantitative estimate of drug-likeness (QED) is 0.833. The molecule has 7 heteroatoms. The van der Waals surface area contributed by atoms with Crippen LogP contribution in [0.4, 0.5) is 5.69 Å². The molecule has 6 nitrogen and oxygen atoms in total. The molecule has 110 valence electrons. The van der Waals surface area contributed by atoms with E-state index < -0.39 is 15.3 Å². The van der Waals surface area contributed by atoms with Gasteiger partial charge in [-0.1, -0.05) is 0 Å². The van der Waals surface area contributed by atoms with E-state index in [1.165, 1.54) is 13.0 Å². The van der Waals surface area contributed by atoms with E-state index in [1.807, 2.05) is 13.8 Å². The van der Waals surface area contributed by atoms with Gasteiger partial charge < -0.3 is 9.47 Å². The summed E-state index contributed by atoms with van der Waals surface area (Å²) in [4.78, 5) is 0. The monoisotopic (exact) mass is 298 g/mol. The summed E-state index contributed by atoms with van der Waals surface area (Å²) in [6.45, 7) is 5.91. The minimum Gasteiger partial charge on any atom is -0.490 e.